The zero-order valence-electron chi connectivity index (χ0n) is 34.6. The third kappa shape index (κ3) is 9.60. The summed E-state index contributed by atoms with van der Waals surface area (Å²) < 4.78 is 7.69. The van der Waals surface area contributed by atoms with Gasteiger partial charge in [-0.05, 0) is 55.5 Å². The van der Waals surface area contributed by atoms with Crippen molar-refractivity contribution in [2.75, 3.05) is 0 Å². The van der Waals surface area contributed by atoms with Crippen molar-refractivity contribution in [3.63, 3.8) is 0 Å². The van der Waals surface area contributed by atoms with Crippen LogP contribution in [0.1, 0.15) is 139 Å². The van der Waals surface area contributed by atoms with E-state index in [9.17, 15) is 0 Å². The van der Waals surface area contributed by atoms with E-state index >= 15 is 0 Å². The van der Waals surface area contributed by atoms with E-state index < -0.39 is 11.9 Å². The minimum absolute atomic E-state index is 0.0361. The molecule has 0 amide bonds. The van der Waals surface area contributed by atoms with E-state index in [0.717, 1.165) is 9.58 Å². The fraction of sp³-hybridized carbons (Fsp3) is 0.423. The molecule has 0 radical (unpaired) electrons. The maximum atomic E-state index is 7.49. The summed E-state index contributed by atoms with van der Waals surface area (Å²) in [5.74, 6) is 0. The number of rotatable bonds is 8. The van der Waals surface area contributed by atoms with Gasteiger partial charge in [-0.2, -0.15) is 0 Å². The normalized spacial score (nSPS) is 18.8. The zero-order valence-corrected chi connectivity index (χ0v) is 38.8. The van der Waals surface area contributed by atoms with Crippen molar-refractivity contribution in [1.29, 1.82) is 0 Å². The Kier molecular flexibility index (Phi) is 14.4. The summed E-state index contributed by atoms with van der Waals surface area (Å²) in [5, 5.41) is 4.94. The molecule has 9 rings (SSSR count). The van der Waals surface area contributed by atoms with Gasteiger partial charge in [0.05, 0.1) is 0 Å². The summed E-state index contributed by atoms with van der Waals surface area (Å²) >= 11 is -3.55. The molecular weight excluding hydrogens is 856 g/mol. The van der Waals surface area contributed by atoms with Crippen LogP contribution < -0.4 is 0 Å². The van der Waals surface area contributed by atoms with E-state index in [0.29, 0.717) is 7.92 Å². The number of halogens is 2. The first-order valence-electron chi connectivity index (χ1n) is 22.3. The van der Waals surface area contributed by atoms with Crippen molar-refractivity contribution < 1.29 is 11.9 Å². The summed E-state index contributed by atoms with van der Waals surface area (Å²) in [6.07, 6.45) is 27.9. The van der Waals surface area contributed by atoms with Gasteiger partial charge in [-0.15, -0.1) is 0 Å². The Morgan fingerprint density at radius 1 is 0.500 bits per heavy atom. The van der Waals surface area contributed by atoms with Gasteiger partial charge in [-0.3, -0.25) is 0 Å². The summed E-state index contributed by atoms with van der Waals surface area (Å²) in [6.45, 7) is 4.48. The van der Waals surface area contributed by atoms with E-state index in [1.54, 1.807) is 77.0 Å². The van der Waals surface area contributed by atoms with Gasteiger partial charge in [0, 0.05) is 0 Å². The van der Waals surface area contributed by atoms with E-state index in [4.69, 9.17) is 19.4 Å². The molecule has 2 atom stereocenters. The van der Waals surface area contributed by atoms with Gasteiger partial charge in [0.1, 0.15) is 0 Å². The Bertz CT molecular complexity index is 2260. The standard InChI is InChI=1S/C27H24N2.C18H33P.C7H6.2ClH.Ru/c1-20(24-15-7-11-22-9-3-5-13-26(22)24)28-17-18-29(19-28)21(2)25-16-8-12-23-10-4-6-14-27(23)25;1-4-10-16(11-5-1)19(17-12-6-2-7-13-17)18-14-8-3-9-15-18;1-7-5-3-2-4-6-7;;;/h3-18,20-21H,1-2H3;16-18H,1-15H2;1-6H;2*1H;/q;;;;;+2/p-2/t20-,21-;;;;;/m1...../s1. The van der Waals surface area contributed by atoms with Crippen LogP contribution in [0.15, 0.2) is 128 Å². The van der Waals surface area contributed by atoms with E-state index in [1.807, 2.05) is 18.2 Å². The average molecular weight is 919 g/mol. The molecule has 308 valence electrons. The molecule has 1 heterocycles. The van der Waals surface area contributed by atoms with Crippen LogP contribution in [0, 0.1) is 4.01 Å². The van der Waals surface area contributed by atoms with Crippen molar-refractivity contribution in [2.45, 2.75) is 139 Å². The van der Waals surface area contributed by atoms with Crippen LogP contribution >= 0.6 is 27.3 Å². The average Bonchev–Trinajstić information content (AvgIpc) is 3.74. The molecule has 3 saturated carbocycles. The maximum absolute atomic E-state index is 7.49. The molecule has 6 aromatic rings. The zero-order chi connectivity index (χ0) is 39.9. The first-order valence-corrected chi connectivity index (χ1v) is 30.2. The molecule has 3 fully saturated rings. The molecule has 58 heavy (non-hydrogen) atoms. The van der Waals surface area contributed by atoms with Crippen molar-refractivity contribution in [2.24, 2.45) is 0 Å². The molecule has 0 spiro atoms. The van der Waals surface area contributed by atoms with Crippen LogP contribution in [0.3, 0.4) is 0 Å². The minimum atomic E-state index is -3.55. The van der Waals surface area contributed by atoms with Crippen LogP contribution in [0.5, 0.6) is 0 Å². The molecule has 0 unspecified atom stereocenters. The number of hydrogen-bond acceptors (Lipinski definition) is 0. The second-order valence-corrected chi connectivity index (χ2v) is 29.5. The quantitative estimate of drug-likeness (QED) is 0.106. The van der Waals surface area contributed by atoms with Crippen LogP contribution in [-0.4, -0.2) is 30.7 Å². The number of imidazole rings is 1. The SMILES string of the molecule is C1CCC(P(C2CCCCC2)C2CCCCC2)CC1.C[C@H](c1cccc2ccccc12)n1ccn([C@H](C)c2cccc3ccccc23)[c]1=[Ru]([Cl])([Cl])=[CH]c1ccccc1. The van der Waals surface area contributed by atoms with E-state index in [1.165, 1.54) is 68.9 Å². The van der Waals surface area contributed by atoms with Gasteiger partial charge in [-0.1, -0.05) is 65.7 Å². The van der Waals surface area contributed by atoms with E-state index in [2.05, 4.69) is 137 Å². The Morgan fingerprint density at radius 3 is 1.31 bits per heavy atom. The predicted molar refractivity (Wildman–Crippen MR) is 252 cm³/mol. The Morgan fingerprint density at radius 2 is 0.879 bits per heavy atom. The van der Waals surface area contributed by atoms with Gasteiger partial charge in [-0.25, -0.2) is 0 Å². The fourth-order valence-corrected chi connectivity index (χ4v) is 21.3. The number of aromatic nitrogens is 2. The second kappa shape index (κ2) is 19.8. The molecule has 0 N–H and O–H groups in total. The molecule has 0 aliphatic heterocycles. The molecule has 2 nitrogen and oxygen atoms in total. The molecule has 1 aromatic heterocycles. The molecule has 0 bridgehead atoms. The summed E-state index contributed by atoms with van der Waals surface area (Å²) in [5.41, 5.74) is 7.11. The van der Waals surface area contributed by atoms with Gasteiger partial charge >= 0.3 is 241 Å². The van der Waals surface area contributed by atoms with Gasteiger partial charge in [0.2, 0.25) is 0 Å². The van der Waals surface area contributed by atoms with Gasteiger partial charge < -0.3 is 0 Å². The first-order chi connectivity index (χ1) is 28.4. The predicted octanol–water partition coefficient (Wildman–Crippen LogP) is 16.1. The molecule has 0 saturated heterocycles. The van der Waals surface area contributed by atoms with Crippen LogP contribution in [0.2, 0.25) is 0 Å². The Balaban J connectivity index is 0.000000206. The molecular formula is C52H63Cl2N2PRu. The molecule has 3 aliphatic rings. The summed E-state index contributed by atoms with van der Waals surface area (Å²) in [6, 6.07) is 40.4. The van der Waals surface area contributed by atoms with Crippen molar-refractivity contribution in [1.82, 2.24) is 9.13 Å². The number of fused-ring (bicyclic) bond motifs is 2. The molecule has 5 aromatic carbocycles. The van der Waals surface area contributed by atoms with Gasteiger partial charge in [0.15, 0.2) is 0 Å². The number of benzene rings is 5. The van der Waals surface area contributed by atoms with Crippen molar-refractivity contribution in [3.05, 3.63) is 148 Å². The molecule has 3 aliphatic carbocycles. The monoisotopic (exact) mass is 918 g/mol. The number of hydrogen-bond donors (Lipinski definition) is 0. The van der Waals surface area contributed by atoms with Crippen molar-refractivity contribution in [3.8, 4) is 0 Å². The Hall–Kier alpha value is -2.67. The number of nitrogens with zero attached hydrogens (tertiary/aromatic N) is 2. The van der Waals surface area contributed by atoms with Crippen LogP contribution in [0.25, 0.3) is 21.5 Å². The summed E-state index contributed by atoms with van der Waals surface area (Å²) in [4.78, 5) is 0. The van der Waals surface area contributed by atoms with Crippen LogP contribution in [0.4, 0.5) is 0 Å². The second-order valence-electron chi connectivity index (χ2n) is 17.1. The van der Waals surface area contributed by atoms with Crippen molar-refractivity contribution >= 4 is 53.5 Å². The third-order valence-electron chi connectivity index (χ3n) is 13.4. The summed E-state index contributed by atoms with van der Waals surface area (Å²) in [7, 11) is 15.4. The first kappa shape index (κ1) is 42.0. The Labute approximate surface area is 359 Å². The van der Waals surface area contributed by atoms with Gasteiger partial charge in [0.25, 0.3) is 0 Å². The van der Waals surface area contributed by atoms with E-state index in [-0.39, 0.29) is 12.1 Å². The van der Waals surface area contributed by atoms with Crippen LogP contribution in [-0.2, 0) is 11.9 Å². The topological polar surface area (TPSA) is 9.86 Å². The fourth-order valence-electron chi connectivity index (χ4n) is 10.5. The molecule has 6 heteroatoms. The third-order valence-corrected chi connectivity index (χ3v) is 23.0.